The number of nitrogens with one attached hydrogen (secondary N) is 1. The molecule has 0 aliphatic heterocycles. The van der Waals surface area contributed by atoms with E-state index < -0.39 is 6.04 Å². The van der Waals surface area contributed by atoms with Gasteiger partial charge in [0, 0.05) is 0 Å². The van der Waals surface area contributed by atoms with Gasteiger partial charge >= 0.3 is 0 Å². The number of amides is 1. The van der Waals surface area contributed by atoms with Crippen LogP contribution in [0, 0.1) is 19.8 Å². The van der Waals surface area contributed by atoms with Crippen molar-refractivity contribution in [3.05, 3.63) is 29.3 Å². The standard InChI is InChI=1S/C16H23NO3/c1-10(2)16(13(5)18)17-15(19)9-20-14-8-6-7-11(3)12(14)4/h6-8,10,16H,9H2,1-5H3,(H,17,19). The predicted molar refractivity (Wildman–Crippen MR) is 78.9 cm³/mol. The molecule has 1 aromatic carbocycles. The van der Waals surface area contributed by atoms with Crippen LogP contribution < -0.4 is 10.1 Å². The summed E-state index contributed by atoms with van der Waals surface area (Å²) in [6.45, 7) is 9.15. The lowest BCUT2D eigenvalue weighted by Crippen LogP contribution is -2.45. The first kappa shape index (κ1) is 16.2. The predicted octanol–water partition coefficient (Wildman–Crippen LogP) is 2.41. The first-order chi connectivity index (χ1) is 9.32. The van der Waals surface area contributed by atoms with Gasteiger partial charge in [-0.1, -0.05) is 26.0 Å². The summed E-state index contributed by atoms with van der Waals surface area (Å²) in [5, 5.41) is 2.71. The van der Waals surface area contributed by atoms with Crippen LogP contribution in [0.25, 0.3) is 0 Å². The molecule has 0 saturated carbocycles. The summed E-state index contributed by atoms with van der Waals surface area (Å²) in [5.41, 5.74) is 2.14. The molecule has 0 spiro atoms. The average Bonchev–Trinajstić information content (AvgIpc) is 2.37. The maximum absolute atomic E-state index is 11.8. The van der Waals surface area contributed by atoms with Crippen molar-refractivity contribution < 1.29 is 14.3 Å². The molecule has 0 aliphatic rings. The SMILES string of the molecule is CC(=O)C(NC(=O)COc1cccc(C)c1C)C(C)C. The molecule has 0 aliphatic carbocycles. The van der Waals surface area contributed by atoms with Crippen LogP contribution in [0.2, 0.25) is 0 Å². The van der Waals surface area contributed by atoms with Gasteiger partial charge in [-0.05, 0) is 43.9 Å². The Bertz CT molecular complexity index is 494. The number of hydrogen-bond donors (Lipinski definition) is 1. The number of ketones is 1. The highest BCUT2D eigenvalue weighted by atomic mass is 16.5. The van der Waals surface area contributed by atoms with Crippen LogP contribution in [0.1, 0.15) is 31.9 Å². The van der Waals surface area contributed by atoms with Gasteiger partial charge in [-0.25, -0.2) is 0 Å². The molecule has 0 bridgehead atoms. The molecule has 1 aromatic rings. The van der Waals surface area contributed by atoms with Crippen molar-refractivity contribution in [1.29, 1.82) is 0 Å². The number of Topliss-reactive ketones (excluding diaryl/α,β-unsaturated/α-hetero) is 1. The second-order valence-electron chi connectivity index (χ2n) is 5.39. The molecule has 1 N–H and O–H groups in total. The van der Waals surface area contributed by atoms with Crippen molar-refractivity contribution in [3.63, 3.8) is 0 Å². The van der Waals surface area contributed by atoms with E-state index in [2.05, 4.69) is 5.32 Å². The van der Waals surface area contributed by atoms with Crippen molar-refractivity contribution >= 4 is 11.7 Å². The molecule has 0 aromatic heterocycles. The third kappa shape index (κ3) is 4.37. The Morgan fingerprint density at radius 1 is 1.25 bits per heavy atom. The molecular formula is C16H23NO3. The lowest BCUT2D eigenvalue weighted by Gasteiger charge is -2.19. The van der Waals surface area contributed by atoms with Gasteiger partial charge in [0.05, 0.1) is 6.04 Å². The van der Waals surface area contributed by atoms with E-state index in [4.69, 9.17) is 4.74 Å². The molecule has 1 unspecified atom stereocenters. The van der Waals surface area contributed by atoms with E-state index in [0.717, 1.165) is 11.1 Å². The minimum absolute atomic E-state index is 0.0416. The normalized spacial score (nSPS) is 12.1. The van der Waals surface area contributed by atoms with Crippen molar-refractivity contribution in [1.82, 2.24) is 5.32 Å². The molecule has 110 valence electrons. The number of aryl methyl sites for hydroxylation is 1. The van der Waals surface area contributed by atoms with E-state index >= 15 is 0 Å². The third-order valence-electron chi connectivity index (χ3n) is 3.33. The largest absolute Gasteiger partial charge is 0.483 e. The topological polar surface area (TPSA) is 55.4 Å². The molecule has 1 amide bonds. The summed E-state index contributed by atoms with van der Waals surface area (Å²) >= 11 is 0. The van der Waals surface area contributed by atoms with Crippen molar-refractivity contribution in [2.75, 3.05) is 6.61 Å². The zero-order valence-electron chi connectivity index (χ0n) is 12.8. The van der Waals surface area contributed by atoms with Crippen LogP contribution in [0.5, 0.6) is 5.75 Å². The molecule has 0 saturated heterocycles. The monoisotopic (exact) mass is 277 g/mol. The van der Waals surface area contributed by atoms with E-state index in [1.807, 2.05) is 45.9 Å². The molecule has 1 rings (SSSR count). The Balaban J connectivity index is 2.59. The second-order valence-corrected chi connectivity index (χ2v) is 5.39. The van der Waals surface area contributed by atoms with Crippen LogP contribution >= 0.6 is 0 Å². The lowest BCUT2D eigenvalue weighted by molar-refractivity contribution is -0.129. The quantitative estimate of drug-likeness (QED) is 0.868. The number of hydrogen-bond acceptors (Lipinski definition) is 3. The molecule has 1 atom stereocenters. The van der Waals surface area contributed by atoms with Crippen LogP contribution in [-0.2, 0) is 9.59 Å². The maximum Gasteiger partial charge on any atom is 0.258 e. The Labute approximate surface area is 120 Å². The smallest absolute Gasteiger partial charge is 0.258 e. The first-order valence-corrected chi connectivity index (χ1v) is 6.81. The molecule has 4 nitrogen and oxygen atoms in total. The highest BCUT2D eigenvalue weighted by Crippen LogP contribution is 2.20. The van der Waals surface area contributed by atoms with E-state index in [9.17, 15) is 9.59 Å². The number of benzene rings is 1. The van der Waals surface area contributed by atoms with Gasteiger partial charge in [0.1, 0.15) is 5.75 Å². The van der Waals surface area contributed by atoms with Crippen molar-refractivity contribution in [2.24, 2.45) is 5.92 Å². The highest BCUT2D eigenvalue weighted by Gasteiger charge is 2.20. The zero-order valence-corrected chi connectivity index (χ0v) is 12.8. The van der Waals surface area contributed by atoms with E-state index in [0.29, 0.717) is 5.75 Å². The number of ether oxygens (including phenoxy) is 1. The number of carbonyl (C=O) groups excluding carboxylic acids is 2. The van der Waals surface area contributed by atoms with E-state index in [1.54, 1.807) is 0 Å². The zero-order chi connectivity index (χ0) is 15.3. The summed E-state index contributed by atoms with van der Waals surface area (Å²) in [6.07, 6.45) is 0. The second kappa shape index (κ2) is 7.08. The third-order valence-corrected chi connectivity index (χ3v) is 3.33. The molecule has 0 radical (unpaired) electrons. The van der Waals surface area contributed by atoms with Gasteiger partial charge in [0.25, 0.3) is 5.91 Å². The average molecular weight is 277 g/mol. The lowest BCUT2D eigenvalue weighted by atomic mass is 10.0. The van der Waals surface area contributed by atoms with Crippen LogP contribution in [0.4, 0.5) is 0 Å². The van der Waals surface area contributed by atoms with Gasteiger partial charge in [-0.2, -0.15) is 0 Å². The first-order valence-electron chi connectivity index (χ1n) is 6.81. The molecule has 0 heterocycles. The van der Waals surface area contributed by atoms with Crippen LogP contribution in [0.3, 0.4) is 0 Å². The Hall–Kier alpha value is -1.84. The fourth-order valence-corrected chi connectivity index (χ4v) is 1.98. The Morgan fingerprint density at radius 2 is 1.90 bits per heavy atom. The summed E-state index contributed by atoms with van der Waals surface area (Å²) in [5.74, 6) is 0.445. The minimum atomic E-state index is -0.454. The van der Waals surface area contributed by atoms with Gasteiger partial charge in [-0.3, -0.25) is 9.59 Å². The molecule has 20 heavy (non-hydrogen) atoms. The van der Waals surface area contributed by atoms with Gasteiger partial charge in [0.15, 0.2) is 12.4 Å². The van der Waals surface area contributed by atoms with E-state index in [1.165, 1.54) is 6.92 Å². The van der Waals surface area contributed by atoms with Gasteiger partial charge in [0.2, 0.25) is 0 Å². The summed E-state index contributed by atoms with van der Waals surface area (Å²) in [6, 6.07) is 5.26. The van der Waals surface area contributed by atoms with Crippen molar-refractivity contribution in [2.45, 2.75) is 40.7 Å². The minimum Gasteiger partial charge on any atom is -0.483 e. The van der Waals surface area contributed by atoms with Crippen LogP contribution in [-0.4, -0.2) is 24.3 Å². The van der Waals surface area contributed by atoms with E-state index in [-0.39, 0.29) is 24.2 Å². The maximum atomic E-state index is 11.8. The summed E-state index contributed by atoms with van der Waals surface area (Å²) in [4.78, 5) is 23.3. The Morgan fingerprint density at radius 3 is 2.45 bits per heavy atom. The summed E-state index contributed by atoms with van der Waals surface area (Å²) < 4.78 is 5.52. The molecule has 0 fully saturated rings. The fraction of sp³-hybridized carbons (Fsp3) is 0.500. The highest BCUT2D eigenvalue weighted by molar-refractivity contribution is 5.88. The molecule has 4 heteroatoms. The van der Waals surface area contributed by atoms with Gasteiger partial charge < -0.3 is 10.1 Å². The van der Waals surface area contributed by atoms with Gasteiger partial charge in [-0.15, -0.1) is 0 Å². The molecular weight excluding hydrogens is 254 g/mol. The number of rotatable bonds is 6. The number of carbonyl (C=O) groups is 2. The van der Waals surface area contributed by atoms with Crippen molar-refractivity contribution in [3.8, 4) is 5.75 Å². The fourth-order valence-electron chi connectivity index (χ4n) is 1.98. The van der Waals surface area contributed by atoms with Crippen LogP contribution in [0.15, 0.2) is 18.2 Å². The summed E-state index contributed by atoms with van der Waals surface area (Å²) in [7, 11) is 0. The Kier molecular flexibility index (Phi) is 5.74.